The summed E-state index contributed by atoms with van der Waals surface area (Å²) in [6.07, 6.45) is 0. The van der Waals surface area contributed by atoms with Crippen molar-refractivity contribution in [1.29, 1.82) is 0 Å². The summed E-state index contributed by atoms with van der Waals surface area (Å²) in [6.45, 7) is 19.4. The van der Waals surface area contributed by atoms with Gasteiger partial charge in [-0.25, -0.2) is 0 Å². The molecule has 7 heteroatoms. The molecule has 7 nitrogen and oxygen atoms in total. The minimum atomic E-state index is -0.394. The van der Waals surface area contributed by atoms with Crippen molar-refractivity contribution >= 4 is 28.9 Å². The van der Waals surface area contributed by atoms with E-state index in [1.54, 1.807) is 19.1 Å². The number of amides is 2. The quantitative estimate of drug-likeness (QED) is 0.311. The maximum atomic E-state index is 11.3. The number of hydrogen-bond donors (Lipinski definition) is 2. The van der Waals surface area contributed by atoms with Crippen LogP contribution in [0.15, 0.2) is 30.3 Å². The van der Waals surface area contributed by atoms with E-state index in [9.17, 15) is 19.7 Å². The van der Waals surface area contributed by atoms with Crippen LogP contribution in [0.1, 0.15) is 115 Å². The standard InChI is InChI=1S/C14H20N2O3.C14H21NO/c1-8(2)12-6-11(16(18)19)7-13(9(3)4)14(12)15-10(5)17;1-9(2)12-7-6-8-13(10(3)4)14(12)15-11(5)16/h6-9H,1-5H3,(H,15,17);6-10H,1-5H3,(H,15,16). The highest BCUT2D eigenvalue weighted by atomic mass is 16.6. The zero-order valence-electron chi connectivity index (χ0n) is 22.8. The number of rotatable bonds is 7. The molecule has 0 aromatic heterocycles. The number of nitrogens with zero attached hydrogens (tertiary/aromatic N) is 1. The third kappa shape index (κ3) is 8.50. The average Bonchev–Trinajstić information content (AvgIpc) is 2.72. The summed E-state index contributed by atoms with van der Waals surface area (Å²) in [7, 11) is 0. The molecular formula is C28H41N3O4. The fourth-order valence-electron chi connectivity index (χ4n) is 3.88. The number of benzene rings is 2. The van der Waals surface area contributed by atoms with Gasteiger partial charge in [-0.05, 0) is 45.9 Å². The molecule has 0 aliphatic carbocycles. The second-order valence-corrected chi connectivity index (χ2v) is 10.0. The summed E-state index contributed by atoms with van der Waals surface area (Å²) < 4.78 is 0. The number of nitrogens with one attached hydrogen (secondary N) is 2. The second kappa shape index (κ2) is 13.0. The van der Waals surface area contributed by atoms with E-state index in [-0.39, 0.29) is 29.3 Å². The highest BCUT2D eigenvalue weighted by Gasteiger charge is 2.20. The zero-order chi connectivity index (χ0) is 27.0. The molecule has 0 spiro atoms. The Kier molecular flexibility index (Phi) is 11.1. The smallest absolute Gasteiger partial charge is 0.270 e. The van der Waals surface area contributed by atoms with E-state index in [1.807, 2.05) is 27.7 Å². The van der Waals surface area contributed by atoms with E-state index in [2.05, 4.69) is 56.5 Å². The Morgan fingerprint density at radius 1 is 0.686 bits per heavy atom. The fraction of sp³-hybridized carbons (Fsp3) is 0.500. The summed E-state index contributed by atoms with van der Waals surface area (Å²) >= 11 is 0. The van der Waals surface area contributed by atoms with Crippen LogP contribution in [0.25, 0.3) is 0 Å². The maximum absolute atomic E-state index is 11.3. The van der Waals surface area contributed by atoms with Gasteiger partial charge >= 0.3 is 0 Å². The minimum Gasteiger partial charge on any atom is -0.326 e. The van der Waals surface area contributed by atoms with Crippen LogP contribution in [0.3, 0.4) is 0 Å². The molecule has 0 aliphatic heterocycles. The average molecular weight is 484 g/mol. The molecule has 0 radical (unpaired) electrons. The number of hydrogen-bond acceptors (Lipinski definition) is 4. The fourth-order valence-corrected chi connectivity index (χ4v) is 3.88. The molecule has 2 rings (SSSR count). The van der Waals surface area contributed by atoms with Crippen LogP contribution in [0, 0.1) is 10.1 Å². The lowest BCUT2D eigenvalue weighted by Gasteiger charge is -2.19. The molecule has 0 aliphatic rings. The van der Waals surface area contributed by atoms with Crippen LogP contribution in [0.4, 0.5) is 17.1 Å². The summed E-state index contributed by atoms with van der Waals surface area (Å²) in [5.74, 6) is 0.854. The lowest BCUT2D eigenvalue weighted by molar-refractivity contribution is -0.385. The van der Waals surface area contributed by atoms with Gasteiger partial charge in [-0.2, -0.15) is 0 Å². The summed E-state index contributed by atoms with van der Waals surface area (Å²) in [4.78, 5) is 33.2. The molecule has 0 atom stereocenters. The third-order valence-electron chi connectivity index (χ3n) is 5.61. The van der Waals surface area contributed by atoms with Gasteiger partial charge in [-0.1, -0.05) is 73.6 Å². The van der Waals surface area contributed by atoms with E-state index in [0.717, 1.165) is 16.8 Å². The van der Waals surface area contributed by atoms with Gasteiger partial charge in [0, 0.05) is 37.4 Å². The van der Waals surface area contributed by atoms with Crippen molar-refractivity contribution in [3.8, 4) is 0 Å². The van der Waals surface area contributed by atoms with Crippen molar-refractivity contribution in [2.75, 3.05) is 10.6 Å². The highest BCUT2D eigenvalue weighted by Crippen LogP contribution is 2.36. The van der Waals surface area contributed by atoms with Crippen molar-refractivity contribution in [3.05, 3.63) is 62.7 Å². The molecule has 0 bridgehead atoms. The van der Waals surface area contributed by atoms with Crippen molar-refractivity contribution in [2.45, 2.75) is 92.9 Å². The Labute approximate surface area is 209 Å². The largest absolute Gasteiger partial charge is 0.326 e. The number of anilines is 2. The van der Waals surface area contributed by atoms with Crippen LogP contribution in [-0.2, 0) is 9.59 Å². The van der Waals surface area contributed by atoms with Crippen LogP contribution in [0.2, 0.25) is 0 Å². The number of carbonyl (C=O) groups excluding carboxylic acids is 2. The van der Waals surface area contributed by atoms with E-state index in [1.165, 1.54) is 18.1 Å². The van der Waals surface area contributed by atoms with Crippen molar-refractivity contribution < 1.29 is 14.5 Å². The molecule has 0 unspecified atom stereocenters. The Bertz CT molecular complexity index is 1000. The van der Waals surface area contributed by atoms with Gasteiger partial charge in [-0.3, -0.25) is 19.7 Å². The van der Waals surface area contributed by atoms with E-state index in [4.69, 9.17) is 0 Å². The molecule has 0 saturated carbocycles. The first kappa shape index (κ1) is 29.8. The predicted molar refractivity (Wildman–Crippen MR) is 145 cm³/mol. The maximum Gasteiger partial charge on any atom is 0.270 e. The predicted octanol–water partition coefficient (Wildman–Crippen LogP) is 7.69. The Morgan fingerprint density at radius 3 is 1.26 bits per heavy atom. The van der Waals surface area contributed by atoms with Crippen molar-refractivity contribution in [3.63, 3.8) is 0 Å². The first-order chi connectivity index (χ1) is 16.2. The van der Waals surface area contributed by atoms with Gasteiger partial charge in [0.15, 0.2) is 0 Å². The van der Waals surface area contributed by atoms with Crippen LogP contribution in [0.5, 0.6) is 0 Å². The van der Waals surface area contributed by atoms with E-state index in [0.29, 0.717) is 17.5 Å². The van der Waals surface area contributed by atoms with E-state index < -0.39 is 4.92 Å². The first-order valence-corrected chi connectivity index (χ1v) is 12.2. The lowest BCUT2D eigenvalue weighted by Crippen LogP contribution is -2.12. The molecule has 2 amide bonds. The monoisotopic (exact) mass is 483 g/mol. The SMILES string of the molecule is CC(=O)Nc1c(C(C)C)cc([N+](=O)[O-])cc1C(C)C.CC(=O)Nc1c(C(C)C)cccc1C(C)C. The number of para-hydroxylation sites is 1. The molecule has 35 heavy (non-hydrogen) atoms. The molecule has 0 saturated heterocycles. The van der Waals surface area contributed by atoms with Gasteiger partial charge in [0.05, 0.1) is 4.92 Å². The minimum absolute atomic E-state index is 0.00463. The number of carbonyl (C=O) groups is 2. The Morgan fingerprint density at radius 2 is 1.00 bits per heavy atom. The second-order valence-electron chi connectivity index (χ2n) is 10.0. The molecule has 0 fully saturated rings. The normalized spacial score (nSPS) is 10.9. The molecular weight excluding hydrogens is 442 g/mol. The highest BCUT2D eigenvalue weighted by molar-refractivity contribution is 5.91. The van der Waals surface area contributed by atoms with Crippen molar-refractivity contribution in [2.24, 2.45) is 0 Å². The van der Waals surface area contributed by atoms with Gasteiger partial charge < -0.3 is 10.6 Å². The van der Waals surface area contributed by atoms with Crippen LogP contribution >= 0.6 is 0 Å². The molecule has 2 N–H and O–H groups in total. The molecule has 2 aromatic rings. The number of non-ortho nitro benzene ring substituents is 1. The van der Waals surface area contributed by atoms with Gasteiger partial charge in [0.25, 0.3) is 5.69 Å². The van der Waals surface area contributed by atoms with Crippen LogP contribution in [-0.4, -0.2) is 16.7 Å². The topological polar surface area (TPSA) is 101 Å². The summed E-state index contributed by atoms with van der Waals surface area (Å²) in [5, 5.41) is 16.8. The Balaban J connectivity index is 0.000000355. The van der Waals surface area contributed by atoms with E-state index >= 15 is 0 Å². The summed E-state index contributed by atoms with van der Waals surface area (Å²) in [5.41, 5.74) is 5.80. The first-order valence-electron chi connectivity index (χ1n) is 12.2. The lowest BCUT2D eigenvalue weighted by atomic mass is 9.91. The van der Waals surface area contributed by atoms with Crippen molar-refractivity contribution in [1.82, 2.24) is 0 Å². The molecule has 2 aromatic carbocycles. The number of nitro groups is 1. The molecule has 0 heterocycles. The molecule has 192 valence electrons. The van der Waals surface area contributed by atoms with Gasteiger partial charge in [0.1, 0.15) is 0 Å². The third-order valence-corrected chi connectivity index (χ3v) is 5.61. The van der Waals surface area contributed by atoms with Crippen LogP contribution < -0.4 is 10.6 Å². The summed E-state index contributed by atoms with van der Waals surface area (Å²) in [6, 6.07) is 9.32. The van der Waals surface area contributed by atoms with Gasteiger partial charge in [-0.15, -0.1) is 0 Å². The zero-order valence-corrected chi connectivity index (χ0v) is 22.8. The van der Waals surface area contributed by atoms with Gasteiger partial charge in [0.2, 0.25) is 11.8 Å². The Hall–Kier alpha value is -3.22. The number of nitro benzene ring substituents is 1.